The summed E-state index contributed by atoms with van der Waals surface area (Å²) < 4.78 is 2.51. The van der Waals surface area contributed by atoms with Crippen LogP contribution < -0.4 is 5.73 Å². The summed E-state index contributed by atoms with van der Waals surface area (Å²) in [7, 11) is 0. The van der Waals surface area contributed by atoms with Gasteiger partial charge in [0.05, 0.1) is 0 Å². The van der Waals surface area contributed by atoms with Crippen LogP contribution in [0.5, 0.6) is 0 Å². The molecule has 1 aliphatic carbocycles. The molecule has 0 saturated carbocycles. The number of nitrogens with two attached hydrogens (primary N) is 1. The van der Waals surface area contributed by atoms with Gasteiger partial charge >= 0.3 is 0 Å². The maximum atomic E-state index is 5.83. The second kappa shape index (κ2) is 5.29. The Balaban J connectivity index is 0.00000133. The number of hydrogen-bond acceptors (Lipinski definition) is 1. The lowest BCUT2D eigenvalue weighted by Crippen LogP contribution is -2.25. The highest BCUT2D eigenvalue weighted by Gasteiger charge is 2.38. The van der Waals surface area contributed by atoms with Crippen LogP contribution in [0.3, 0.4) is 0 Å². The van der Waals surface area contributed by atoms with Crippen LogP contribution in [0.4, 0.5) is 0 Å². The van der Waals surface area contributed by atoms with Crippen molar-refractivity contribution >= 4 is 27.9 Å². The third kappa shape index (κ3) is 2.03. The zero-order valence-corrected chi connectivity index (χ0v) is 13.5. The van der Waals surface area contributed by atoms with Crippen molar-refractivity contribution in [1.82, 2.24) is 4.57 Å². The van der Waals surface area contributed by atoms with Crippen LogP contribution >= 0.6 is 17.0 Å². The SMILES string of the molecule is Br.CCn1c2c(c3ccccc31)CCC2(C)CCN. The van der Waals surface area contributed by atoms with Crippen molar-refractivity contribution in [1.29, 1.82) is 0 Å². The molecular weight excluding hydrogens is 300 g/mol. The molecule has 2 N–H and O–H groups in total. The molecule has 3 rings (SSSR count). The molecule has 0 radical (unpaired) electrons. The molecule has 1 aliphatic rings. The molecular formula is C16H23BrN2. The molecule has 1 aromatic carbocycles. The Hall–Kier alpha value is -0.800. The van der Waals surface area contributed by atoms with Crippen LogP contribution in [-0.4, -0.2) is 11.1 Å². The molecule has 0 aliphatic heterocycles. The molecule has 0 amide bonds. The number of aromatic nitrogens is 1. The van der Waals surface area contributed by atoms with Crippen LogP contribution in [0.1, 0.15) is 37.9 Å². The van der Waals surface area contributed by atoms with Crippen LogP contribution in [0, 0.1) is 0 Å². The fraction of sp³-hybridized carbons (Fsp3) is 0.500. The largest absolute Gasteiger partial charge is 0.344 e. The van der Waals surface area contributed by atoms with Gasteiger partial charge in [-0.05, 0) is 44.4 Å². The third-order valence-electron chi connectivity index (χ3n) is 4.59. The summed E-state index contributed by atoms with van der Waals surface area (Å²) in [4.78, 5) is 0. The van der Waals surface area contributed by atoms with Gasteiger partial charge in [-0.25, -0.2) is 0 Å². The van der Waals surface area contributed by atoms with Crippen molar-refractivity contribution in [2.45, 2.75) is 45.1 Å². The number of rotatable bonds is 3. The number of benzene rings is 1. The van der Waals surface area contributed by atoms with E-state index in [0.29, 0.717) is 0 Å². The molecule has 1 atom stereocenters. The Morgan fingerprint density at radius 2 is 2.05 bits per heavy atom. The van der Waals surface area contributed by atoms with Gasteiger partial charge in [0.1, 0.15) is 0 Å². The van der Waals surface area contributed by atoms with Gasteiger partial charge < -0.3 is 10.3 Å². The summed E-state index contributed by atoms with van der Waals surface area (Å²) in [5.41, 5.74) is 10.6. The van der Waals surface area contributed by atoms with Gasteiger partial charge in [0.25, 0.3) is 0 Å². The molecule has 2 aromatic rings. The number of hydrogen-bond donors (Lipinski definition) is 1. The van der Waals surface area contributed by atoms with Gasteiger partial charge in [-0.3, -0.25) is 0 Å². The van der Waals surface area contributed by atoms with Crippen LogP contribution in [-0.2, 0) is 18.4 Å². The third-order valence-corrected chi connectivity index (χ3v) is 4.59. The van der Waals surface area contributed by atoms with E-state index in [0.717, 1.165) is 19.5 Å². The lowest BCUT2D eigenvalue weighted by Gasteiger charge is -2.26. The van der Waals surface area contributed by atoms with Crippen molar-refractivity contribution < 1.29 is 0 Å². The maximum absolute atomic E-state index is 5.83. The van der Waals surface area contributed by atoms with E-state index in [2.05, 4.69) is 42.7 Å². The van der Waals surface area contributed by atoms with Crippen molar-refractivity contribution in [2.75, 3.05) is 6.54 Å². The predicted octanol–water partition coefficient (Wildman–Crippen LogP) is 3.79. The average molecular weight is 323 g/mol. The number of fused-ring (bicyclic) bond motifs is 3. The molecule has 1 heterocycles. The van der Waals surface area contributed by atoms with E-state index in [1.54, 1.807) is 11.3 Å². The highest BCUT2D eigenvalue weighted by molar-refractivity contribution is 8.93. The number of para-hydroxylation sites is 1. The summed E-state index contributed by atoms with van der Waals surface area (Å²) in [5.74, 6) is 0. The van der Waals surface area contributed by atoms with Gasteiger partial charge in [-0.1, -0.05) is 25.1 Å². The van der Waals surface area contributed by atoms with Crippen LogP contribution in [0.15, 0.2) is 24.3 Å². The maximum Gasteiger partial charge on any atom is 0.0485 e. The summed E-state index contributed by atoms with van der Waals surface area (Å²) in [6.45, 7) is 6.46. The van der Waals surface area contributed by atoms with Gasteiger partial charge in [0.15, 0.2) is 0 Å². The fourth-order valence-electron chi connectivity index (χ4n) is 3.73. The zero-order valence-electron chi connectivity index (χ0n) is 11.8. The minimum atomic E-state index is 0. The standard InChI is InChI=1S/C16H22N2.BrH/c1-3-18-14-7-5-4-6-12(14)13-8-9-16(2,10-11-17)15(13)18;/h4-7H,3,8-11,17H2,1-2H3;1H. The predicted molar refractivity (Wildman–Crippen MR) is 87.3 cm³/mol. The van der Waals surface area contributed by atoms with Crippen molar-refractivity contribution in [3.8, 4) is 0 Å². The summed E-state index contributed by atoms with van der Waals surface area (Å²) in [6, 6.07) is 8.82. The molecule has 19 heavy (non-hydrogen) atoms. The Labute approximate surface area is 125 Å². The summed E-state index contributed by atoms with van der Waals surface area (Å²) in [6.07, 6.45) is 3.55. The highest BCUT2D eigenvalue weighted by Crippen LogP contribution is 2.45. The molecule has 0 spiro atoms. The summed E-state index contributed by atoms with van der Waals surface area (Å²) >= 11 is 0. The Bertz CT molecular complexity index is 573. The van der Waals surface area contributed by atoms with E-state index in [1.165, 1.54) is 23.7 Å². The van der Waals surface area contributed by atoms with E-state index in [1.807, 2.05) is 0 Å². The smallest absolute Gasteiger partial charge is 0.0485 e. The van der Waals surface area contributed by atoms with E-state index < -0.39 is 0 Å². The Kier molecular flexibility index (Phi) is 4.07. The zero-order chi connectivity index (χ0) is 12.8. The fourth-order valence-corrected chi connectivity index (χ4v) is 3.73. The molecule has 2 nitrogen and oxygen atoms in total. The Morgan fingerprint density at radius 3 is 2.74 bits per heavy atom. The first-order valence-corrected chi connectivity index (χ1v) is 7.02. The minimum Gasteiger partial charge on any atom is -0.344 e. The number of aryl methyl sites for hydroxylation is 2. The topological polar surface area (TPSA) is 30.9 Å². The molecule has 0 fully saturated rings. The molecule has 1 unspecified atom stereocenters. The first-order valence-electron chi connectivity index (χ1n) is 7.02. The Morgan fingerprint density at radius 1 is 1.32 bits per heavy atom. The van der Waals surface area contributed by atoms with E-state index >= 15 is 0 Å². The lowest BCUT2D eigenvalue weighted by molar-refractivity contribution is 0.413. The van der Waals surface area contributed by atoms with E-state index in [4.69, 9.17) is 5.73 Å². The monoisotopic (exact) mass is 322 g/mol. The van der Waals surface area contributed by atoms with Gasteiger partial charge in [0, 0.05) is 28.6 Å². The molecule has 0 saturated heterocycles. The normalized spacial score (nSPS) is 21.4. The molecule has 0 bridgehead atoms. The average Bonchev–Trinajstić information content (AvgIpc) is 2.87. The van der Waals surface area contributed by atoms with Crippen LogP contribution in [0.2, 0.25) is 0 Å². The van der Waals surface area contributed by atoms with Gasteiger partial charge in [0.2, 0.25) is 0 Å². The second-order valence-corrected chi connectivity index (χ2v) is 5.69. The van der Waals surface area contributed by atoms with Crippen molar-refractivity contribution in [3.05, 3.63) is 35.5 Å². The molecule has 1 aromatic heterocycles. The highest BCUT2D eigenvalue weighted by atomic mass is 79.9. The summed E-state index contributed by atoms with van der Waals surface area (Å²) in [5, 5.41) is 1.45. The van der Waals surface area contributed by atoms with Crippen LogP contribution in [0.25, 0.3) is 10.9 Å². The number of nitrogens with zero attached hydrogens (tertiary/aromatic N) is 1. The lowest BCUT2D eigenvalue weighted by atomic mass is 9.84. The van der Waals surface area contributed by atoms with Gasteiger partial charge in [-0.15, -0.1) is 17.0 Å². The van der Waals surface area contributed by atoms with E-state index in [-0.39, 0.29) is 22.4 Å². The first kappa shape index (κ1) is 14.6. The number of halogens is 1. The van der Waals surface area contributed by atoms with Crippen molar-refractivity contribution in [3.63, 3.8) is 0 Å². The molecule has 104 valence electrons. The van der Waals surface area contributed by atoms with Gasteiger partial charge in [-0.2, -0.15) is 0 Å². The molecule has 3 heteroatoms. The van der Waals surface area contributed by atoms with Crippen molar-refractivity contribution in [2.24, 2.45) is 5.73 Å². The second-order valence-electron chi connectivity index (χ2n) is 5.69. The quantitative estimate of drug-likeness (QED) is 0.915. The van der Waals surface area contributed by atoms with E-state index in [9.17, 15) is 0 Å². The minimum absolute atomic E-state index is 0. The first-order chi connectivity index (χ1) is 8.71.